The maximum Gasteiger partial charge on any atom is 0.317 e. The molecule has 3 rings (SSSR count). The number of benzene rings is 1. The van der Waals surface area contributed by atoms with E-state index in [9.17, 15) is 9.59 Å². The van der Waals surface area contributed by atoms with Crippen molar-refractivity contribution in [2.75, 3.05) is 20.2 Å². The number of nitrogens with zero attached hydrogens (tertiary/aromatic N) is 3. The fourth-order valence-corrected chi connectivity index (χ4v) is 2.38. The van der Waals surface area contributed by atoms with Crippen LogP contribution in [0.25, 0.3) is 21.9 Å². The topological polar surface area (TPSA) is 143 Å². The van der Waals surface area contributed by atoms with Crippen LogP contribution in [0.3, 0.4) is 0 Å². The lowest BCUT2D eigenvalue weighted by Gasteiger charge is -2.06. The zero-order valence-electron chi connectivity index (χ0n) is 14.0. The highest BCUT2D eigenvalue weighted by atomic mass is 127. The van der Waals surface area contributed by atoms with Crippen molar-refractivity contribution in [1.82, 2.24) is 19.9 Å². The van der Waals surface area contributed by atoms with Crippen molar-refractivity contribution in [3.05, 3.63) is 36.3 Å². The molecule has 10 heteroatoms. The van der Waals surface area contributed by atoms with Crippen LogP contribution in [0.15, 0.2) is 30.6 Å². The van der Waals surface area contributed by atoms with E-state index in [1.807, 2.05) is 24.3 Å². The van der Waals surface area contributed by atoms with E-state index in [1.165, 1.54) is 0 Å². The molecule has 0 aliphatic rings. The molecule has 0 saturated carbocycles. The Morgan fingerprint density at radius 3 is 2.54 bits per heavy atom. The minimum Gasteiger partial charge on any atom is -0.480 e. The number of aliphatic hydroxyl groups is 1. The lowest BCUT2D eigenvalue weighted by atomic mass is 10.1. The number of aliphatic carboxylic acids is 1. The zero-order valence-corrected chi connectivity index (χ0v) is 16.4. The molecule has 140 valence electrons. The molecule has 0 aliphatic heterocycles. The molecule has 26 heavy (non-hydrogen) atoms. The Balaban J connectivity index is 0.000000422. The van der Waals surface area contributed by atoms with Gasteiger partial charge >= 0.3 is 5.97 Å². The normalized spacial score (nSPS) is 10.1. The molecule has 0 spiro atoms. The van der Waals surface area contributed by atoms with Gasteiger partial charge in [0.05, 0.1) is 30.5 Å². The number of halogens is 1. The predicted molar refractivity (Wildman–Crippen MR) is 108 cm³/mol. The summed E-state index contributed by atoms with van der Waals surface area (Å²) in [6.07, 6.45) is 1.58. The summed E-state index contributed by atoms with van der Waals surface area (Å²) in [5, 5.41) is 20.3. The molecule has 1 aromatic carbocycles. The van der Waals surface area contributed by atoms with Crippen LogP contribution in [0.2, 0.25) is 0 Å². The molecule has 0 unspecified atom stereocenters. The van der Waals surface area contributed by atoms with Crippen LogP contribution in [0.4, 0.5) is 0 Å². The molecular formula is C16H20IN5O4. The van der Waals surface area contributed by atoms with Gasteiger partial charge in [0.25, 0.3) is 5.91 Å². The molecule has 0 saturated heterocycles. The monoisotopic (exact) mass is 473 g/mol. The van der Waals surface area contributed by atoms with Crippen molar-refractivity contribution < 1.29 is 19.8 Å². The largest absolute Gasteiger partial charge is 0.480 e. The molecule has 2 heterocycles. The Morgan fingerprint density at radius 1 is 1.31 bits per heavy atom. The third-order valence-electron chi connectivity index (χ3n) is 3.36. The molecule has 5 N–H and O–H groups in total. The standard InChI is InChI=1S/C13H12N4O2.C3H7NO2.HI/c14-13(19)11-10-12(17(5-6-18)7-15-10)8-3-1-2-4-9(8)16-11;1-4-2-3(5)6;/h1-4,7,18H,5-6H2,(H2,14,19);4H,2H2,1H3,(H,5,6);1H. The number of nitrogens with one attached hydrogen (secondary N) is 1. The van der Waals surface area contributed by atoms with Gasteiger partial charge in [0.1, 0.15) is 5.52 Å². The van der Waals surface area contributed by atoms with Crippen LogP contribution in [0, 0.1) is 0 Å². The van der Waals surface area contributed by atoms with Crippen molar-refractivity contribution in [2.45, 2.75) is 6.54 Å². The Bertz CT molecular complexity index is 912. The number of aliphatic hydroxyl groups excluding tert-OH is 1. The van der Waals surface area contributed by atoms with E-state index in [1.54, 1.807) is 17.9 Å². The van der Waals surface area contributed by atoms with Gasteiger partial charge in [0.2, 0.25) is 0 Å². The van der Waals surface area contributed by atoms with E-state index in [0.29, 0.717) is 17.6 Å². The van der Waals surface area contributed by atoms with Gasteiger partial charge in [0.15, 0.2) is 5.69 Å². The Hall–Kier alpha value is -2.31. The van der Waals surface area contributed by atoms with Crippen LogP contribution in [0.1, 0.15) is 10.5 Å². The molecule has 0 fully saturated rings. The predicted octanol–water partition coefficient (Wildman–Crippen LogP) is 0.584. The number of carboxylic acid groups (broad SMARTS) is 1. The van der Waals surface area contributed by atoms with Crippen LogP contribution < -0.4 is 11.1 Å². The van der Waals surface area contributed by atoms with Crippen LogP contribution in [-0.2, 0) is 11.3 Å². The van der Waals surface area contributed by atoms with E-state index in [-0.39, 0.29) is 42.8 Å². The Morgan fingerprint density at radius 2 is 2.00 bits per heavy atom. The number of imidazole rings is 1. The lowest BCUT2D eigenvalue weighted by molar-refractivity contribution is -0.135. The number of aromatic nitrogens is 3. The molecular weight excluding hydrogens is 453 g/mol. The highest BCUT2D eigenvalue weighted by Gasteiger charge is 2.16. The van der Waals surface area contributed by atoms with Crippen molar-refractivity contribution in [3.63, 3.8) is 0 Å². The van der Waals surface area contributed by atoms with E-state index < -0.39 is 11.9 Å². The Labute approximate surface area is 166 Å². The first-order valence-electron chi connectivity index (χ1n) is 7.50. The maximum atomic E-state index is 11.5. The summed E-state index contributed by atoms with van der Waals surface area (Å²) in [5.41, 5.74) is 7.44. The highest BCUT2D eigenvalue weighted by molar-refractivity contribution is 14.0. The first kappa shape index (κ1) is 21.7. The average Bonchev–Trinajstić information content (AvgIpc) is 2.99. The number of pyridine rings is 1. The van der Waals surface area contributed by atoms with E-state index in [4.69, 9.17) is 15.9 Å². The fraction of sp³-hybridized carbons (Fsp3) is 0.250. The van der Waals surface area contributed by atoms with Gasteiger partial charge in [-0.1, -0.05) is 18.2 Å². The van der Waals surface area contributed by atoms with E-state index in [0.717, 1.165) is 10.9 Å². The van der Waals surface area contributed by atoms with Crippen molar-refractivity contribution in [2.24, 2.45) is 5.73 Å². The SMILES string of the molecule is CNCC(=O)O.I.NC(=O)c1nc2ccccc2c2c1ncn2CCO. The number of likely N-dealkylation sites (N-methyl/N-ethyl adjacent to an activating group) is 1. The van der Waals surface area contributed by atoms with Gasteiger partial charge in [-0.2, -0.15) is 0 Å². The highest BCUT2D eigenvalue weighted by Crippen LogP contribution is 2.25. The molecule has 0 bridgehead atoms. The number of para-hydroxylation sites is 1. The van der Waals surface area contributed by atoms with Gasteiger partial charge in [-0.15, -0.1) is 24.0 Å². The summed E-state index contributed by atoms with van der Waals surface area (Å²) in [6.45, 7) is 0.441. The van der Waals surface area contributed by atoms with Crippen LogP contribution in [-0.4, -0.2) is 56.8 Å². The molecule has 0 atom stereocenters. The van der Waals surface area contributed by atoms with Crippen LogP contribution >= 0.6 is 24.0 Å². The first-order valence-corrected chi connectivity index (χ1v) is 7.50. The smallest absolute Gasteiger partial charge is 0.317 e. The number of carbonyl (C=O) groups excluding carboxylic acids is 1. The van der Waals surface area contributed by atoms with Gasteiger partial charge < -0.3 is 25.8 Å². The zero-order chi connectivity index (χ0) is 18.4. The van der Waals surface area contributed by atoms with Gasteiger partial charge in [-0.25, -0.2) is 9.97 Å². The van der Waals surface area contributed by atoms with Gasteiger partial charge in [0, 0.05) is 11.9 Å². The number of rotatable bonds is 5. The number of hydrogen-bond donors (Lipinski definition) is 4. The summed E-state index contributed by atoms with van der Waals surface area (Å²) in [5.74, 6) is -1.43. The van der Waals surface area contributed by atoms with Crippen molar-refractivity contribution in [3.8, 4) is 0 Å². The minimum absolute atomic E-state index is 0. The minimum atomic E-state index is -0.822. The van der Waals surface area contributed by atoms with Crippen molar-refractivity contribution in [1.29, 1.82) is 0 Å². The quantitative estimate of drug-likeness (QED) is 0.397. The van der Waals surface area contributed by atoms with Gasteiger partial charge in [-0.3, -0.25) is 9.59 Å². The third kappa shape index (κ3) is 4.86. The molecule has 9 nitrogen and oxygen atoms in total. The van der Waals surface area contributed by atoms with E-state index >= 15 is 0 Å². The summed E-state index contributed by atoms with van der Waals surface area (Å²) >= 11 is 0. The fourth-order valence-electron chi connectivity index (χ4n) is 2.38. The number of carboxylic acids is 1. The molecule has 0 aliphatic carbocycles. The number of primary amides is 1. The summed E-state index contributed by atoms with van der Waals surface area (Å²) in [6, 6.07) is 7.46. The number of fused-ring (bicyclic) bond motifs is 3. The summed E-state index contributed by atoms with van der Waals surface area (Å²) < 4.78 is 1.80. The summed E-state index contributed by atoms with van der Waals surface area (Å²) in [4.78, 5) is 29.5. The maximum absolute atomic E-state index is 11.5. The van der Waals surface area contributed by atoms with Crippen molar-refractivity contribution >= 4 is 57.8 Å². The first-order chi connectivity index (χ1) is 12.0. The second kappa shape index (κ2) is 9.99. The second-order valence-corrected chi connectivity index (χ2v) is 5.12. The molecule has 3 aromatic rings. The molecule has 0 radical (unpaired) electrons. The third-order valence-corrected chi connectivity index (χ3v) is 3.36. The lowest BCUT2D eigenvalue weighted by Crippen LogP contribution is -2.16. The number of amides is 1. The summed E-state index contributed by atoms with van der Waals surface area (Å²) in [7, 11) is 1.59. The molecule has 1 amide bonds. The van der Waals surface area contributed by atoms with E-state index in [2.05, 4.69) is 15.3 Å². The van der Waals surface area contributed by atoms with Crippen LogP contribution in [0.5, 0.6) is 0 Å². The molecule has 2 aromatic heterocycles. The number of carbonyl (C=O) groups is 2. The average molecular weight is 473 g/mol. The van der Waals surface area contributed by atoms with Gasteiger partial charge in [-0.05, 0) is 13.1 Å². The second-order valence-electron chi connectivity index (χ2n) is 5.12. The Kier molecular flexibility index (Phi) is 8.35. The number of hydrogen-bond acceptors (Lipinski definition) is 6. The number of nitrogens with two attached hydrogens (primary N) is 1.